The molecule has 2 aromatic rings. The Morgan fingerprint density at radius 3 is 2.59 bits per heavy atom. The largest absolute Gasteiger partial charge is 0.468 e. The van der Waals surface area contributed by atoms with Gasteiger partial charge < -0.3 is 24.7 Å². The predicted molar refractivity (Wildman–Crippen MR) is 108 cm³/mol. The lowest BCUT2D eigenvalue weighted by Gasteiger charge is -2.31. The van der Waals surface area contributed by atoms with Crippen molar-refractivity contribution in [1.29, 1.82) is 0 Å². The molecule has 0 spiro atoms. The summed E-state index contributed by atoms with van der Waals surface area (Å²) in [5, 5.41) is 6.09. The van der Waals surface area contributed by atoms with Crippen LogP contribution >= 0.6 is 0 Å². The number of esters is 1. The zero-order valence-corrected chi connectivity index (χ0v) is 17.2. The normalized spacial score (nSPS) is 16.2. The van der Waals surface area contributed by atoms with Crippen molar-refractivity contribution in [1.82, 2.24) is 15.2 Å². The van der Waals surface area contributed by atoms with Crippen LogP contribution in [-0.2, 0) is 20.8 Å². The number of aromatic amines is 1. The lowest BCUT2D eigenvalue weighted by Crippen LogP contribution is -2.44. The average molecular weight is 402 g/mol. The van der Waals surface area contributed by atoms with Gasteiger partial charge in [0.25, 0.3) is 0 Å². The molecule has 9 nitrogen and oxygen atoms in total. The number of ether oxygens (including phenoxy) is 2. The Morgan fingerprint density at radius 1 is 1.24 bits per heavy atom. The highest BCUT2D eigenvalue weighted by Crippen LogP contribution is 2.36. The molecule has 156 valence electrons. The minimum atomic E-state index is -0.633. The van der Waals surface area contributed by atoms with Gasteiger partial charge in [0.2, 0.25) is 0 Å². The van der Waals surface area contributed by atoms with Crippen LogP contribution in [-0.4, -0.2) is 54.3 Å². The molecule has 29 heavy (non-hydrogen) atoms. The molecule has 1 aliphatic heterocycles. The fraction of sp³-hybridized carbons (Fsp3) is 0.450. The molecule has 1 atom stereocenters. The van der Waals surface area contributed by atoms with Crippen LogP contribution in [0.25, 0.3) is 10.9 Å². The van der Waals surface area contributed by atoms with Crippen LogP contribution in [0, 0.1) is 0 Å². The number of amides is 3. The smallest absolute Gasteiger partial charge is 0.412 e. The van der Waals surface area contributed by atoms with Gasteiger partial charge in [0.1, 0.15) is 11.5 Å². The molecule has 1 aliphatic rings. The van der Waals surface area contributed by atoms with Crippen LogP contribution in [0.5, 0.6) is 0 Å². The number of nitrogens with zero attached hydrogens (tertiary/aromatic N) is 1. The maximum absolute atomic E-state index is 12.5. The van der Waals surface area contributed by atoms with E-state index in [1.54, 1.807) is 44.9 Å². The van der Waals surface area contributed by atoms with Crippen molar-refractivity contribution in [3.05, 3.63) is 29.5 Å². The number of nitrogens with one attached hydrogen (secondary N) is 3. The molecule has 0 fully saturated rings. The van der Waals surface area contributed by atoms with Gasteiger partial charge in [-0.3, -0.25) is 10.1 Å². The van der Waals surface area contributed by atoms with Crippen molar-refractivity contribution in [3.63, 3.8) is 0 Å². The molecule has 2 heterocycles. The molecule has 0 saturated carbocycles. The minimum Gasteiger partial charge on any atom is -0.468 e. The highest BCUT2D eigenvalue weighted by molar-refractivity contribution is 5.96. The molecule has 3 N–H and O–H groups in total. The van der Waals surface area contributed by atoms with E-state index in [1.807, 2.05) is 6.07 Å². The Morgan fingerprint density at radius 2 is 1.97 bits per heavy atom. The fourth-order valence-electron chi connectivity index (χ4n) is 3.51. The number of urea groups is 1. The number of carbonyl (C=O) groups excluding carboxylic acids is 3. The van der Waals surface area contributed by atoms with Crippen molar-refractivity contribution in [3.8, 4) is 0 Å². The molecule has 3 rings (SSSR count). The summed E-state index contributed by atoms with van der Waals surface area (Å²) in [6.07, 6.45) is -0.559. The third-order valence-electron chi connectivity index (χ3n) is 4.65. The highest BCUT2D eigenvalue weighted by Gasteiger charge is 2.36. The fourth-order valence-corrected chi connectivity index (χ4v) is 3.51. The van der Waals surface area contributed by atoms with Crippen molar-refractivity contribution < 1.29 is 23.9 Å². The zero-order valence-electron chi connectivity index (χ0n) is 17.2. The van der Waals surface area contributed by atoms with Crippen LogP contribution < -0.4 is 10.6 Å². The monoisotopic (exact) mass is 402 g/mol. The first kappa shape index (κ1) is 20.5. The summed E-state index contributed by atoms with van der Waals surface area (Å²) < 4.78 is 10.3. The zero-order chi connectivity index (χ0) is 21.3. The Bertz CT molecular complexity index is 960. The maximum atomic E-state index is 12.5. The van der Waals surface area contributed by atoms with E-state index in [4.69, 9.17) is 9.47 Å². The summed E-state index contributed by atoms with van der Waals surface area (Å²) >= 11 is 0. The van der Waals surface area contributed by atoms with E-state index >= 15 is 0 Å². The van der Waals surface area contributed by atoms with Crippen molar-refractivity contribution in [2.75, 3.05) is 26.0 Å². The number of carbonyl (C=O) groups is 3. The van der Waals surface area contributed by atoms with E-state index < -0.39 is 23.6 Å². The van der Waals surface area contributed by atoms with E-state index in [0.717, 1.165) is 22.2 Å². The molecule has 3 amide bonds. The summed E-state index contributed by atoms with van der Waals surface area (Å²) in [6, 6.07) is 5.09. The van der Waals surface area contributed by atoms with Crippen LogP contribution in [0.4, 0.5) is 15.3 Å². The van der Waals surface area contributed by atoms with Gasteiger partial charge in [-0.25, -0.2) is 9.59 Å². The van der Waals surface area contributed by atoms with Gasteiger partial charge in [0, 0.05) is 35.9 Å². The van der Waals surface area contributed by atoms with E-state index in [1.165, 1.54) is 7.11 Å². The second-order valence-corrected chi connectivity index (χ2v) is 7.92. The molecule has 9 heteroatoms. The van der Waals surface area contributed by atoms with Gasteiger partial charge in [0.05, 0.1) is 13.7 Å². The molecule has 1 unspecified atom stereocenters. The van der Waals surface area contributed by atoms with Gasteiger partial charge in [-0.15, -0.1) is 0 Å². The van der Waals surface area contributed by atoms with Crippen LogP contribution in [0.1, 0.15) is 37.9 Å². The van der Waals surface area contributed by atoms with Crippen molar-refractivity contribution in [2.24, 2.45) is 0 Å². The quantitative estimate of drug-likeness (QED) is 0.669. The highest BCUT2D eigenvalue weighted by atomic mass is 16.6. The van der Waals surface area contributed by atoms with E-state index in [2.05, 4.69) is 15.6 Å². The van der Waals surface area contributed by atoms with Crippen molar-refractivity contribution >= 4 is 34.7 Å². The number of benzene rings is 1. The molecule has 1 aromatic carbocycles. The molecule has 0 bridgehead atoms. The second kappa shape index (κ2) is 7.65. The molecular weight excluding hydrogens is 376 g/mol. The van der Waals surface area contributed by atoms with Crippen LogP contribution in [0.15, 0.2) is 18.2 Å². The summed E-state index contributed by atoms with van der Waals surface area (Å²) in [7, 11) is 2.87. The molecule has 0 aliphatic carbocycles. The summed E-state index contributed by atoms with van der Waals surface area (Å²) in [5.74, 6) is -1.06. The number of hydrogen-bond acceptors (Lipinski definition) is 5. The second-order valence-electron chi connectivity index (χ2n) is 7.92. The van der Waals surface area contributed by atoms with E-state index in [0.29, 0.717) is 12.2 Å². The van der Waals surface area contributed by atoms with E-state index in [-0.39, 0.29) is 12.6 Å². The number of anilines is 1. The lowest BCUT2D eigenvalue weighted by molar-refractivity contribution is -0.143. The van der Waals surface area contributed by atoms with Crippen molar-refractivity contribution in [2.45, 2.75) is 38.8 Å². The Hall–Kier alpha value is -3.23. The van der Waals surface area contributed by atoms with Gasteiger partial charge in [-0.1, -0.05) is 0 Å². The topological polar surface area (TPSA) is 113 Å². The van der Waals surface area contributed by atoms with Gasteiger partial charge in [-0.2, -0.15) is 0 Å². The molecule has 0 saturated heterocycles. The number of rotatable bonds is 2. The average Bonchev–Trinajstić information content (AvgIpc) is 3.02. The van der Waals surface area contributed by atoms with Gasteiger partial charge in [-0.05, 0) is 44.5 Å². The third-order valence-corrected chi connectivity index (χ3v) is 4.65. The summed E-state index contributed by atoms with van der Waals surface area (Å²) in [4.78, 5) is 41.5. The standard InChI is InChI=1S/C20H26N4O5/c1-20(2,3)29-19(27)22-11-6-7-14-12(8-11)16-13(17(25)28-5)9-24(18(26)21-4)10-15(16)23-14/h6-8,13,23H,9-10H2,1-5H3,(H,21,26)(H,22,27). The van der Waals surface area contributed by atoms with Crippen LogP contribution in [0.3, 0.4) is 0 Å². The SMILES string of the molecule is CNC(=O)N1Cc2[nH]c3ccc(NC(=O)OC(C)(C)C)cc3c2C(C(=O)OC)C1. The lowest BCUT2D eigenvalue weighted by atomic mass is 9.92. The maximum Gasteiger partial charge on any atom is 0.412 e. The van der Waals surface area contributed by atoms with Crippen LogP contribution in [0.2, 0.25) is 0 Å². The number of methoxy groups -OCH3 is 1. The first-order chi connectivity index (χ1) is 13.6. The third kappa shape index (κ3) is 4.28. The number of fused-ring (bicyclic) bond motifs is 3. The Kier molecular flexibility index (Phi) is 5.41. The first-order valence-corrected chi connectivity index (χ1v) is 9.32. The number of aromatic nitrogens is 1. The van der Waals surface area contributed by atoms with E-state index in [9.17, 15) is 14.4 Å². The molecular formula is C20H26N4O5. The summed E-state index contributed by atoms with van der Waals surface area (Å²) in [6.45, 7) is 5.91. The number of hydrogen-bond donors (Lipinski definition) is 3. The Balaban J connectivity index is 1.99. The molecule has 0 radical (unpaired) electrons. The first-order valence-electron chi connectivity index (χ1n) is 9.32. The van der Waals surface area contributed by atoms with Gasteiger partial charge in [0.15, 0.2) is 0 Å². The predicted octanol–water partition coefficient (Wildman–Crippen LogP) is 2.93. The Labute approximate surface area is 168 Å². The summed E-state index contributed by atoms with van der Waals surface area (Å²) in [5.41, 5.74) is 2.28. The number of H-pyrrole nitrogens is 1. The van der Waals surface area contributed by atoms with Gasteiger partial charge >= 0.3 is 18.1 Å². The minimum absolute atomic E-state index is 0.204. The molecule has 1 aromatic heterocycles.